The SMILES string of the molecule is O=C(Cc1ccsc1)NCC1(CO)CCCCC1. The predicted molar refractivity (Wildman–Crippen MR) is 73.6 cm³/mol. The van der Waals surface area contributed by atoms with E-state index in [1.807, 2.05) is 16.8 Å². The highest BCUT2D eigenvalue weighted by atomic mass is 32.1. The topological polar surface area (TPSA) is 49.3 Å². The van der Waals surface area contributed by atoms with Crippen LogP contribution in [0.15, 0.2) is 16.8 Å². The van der Waals surface area contributed by atoms with Crippen molar-refractivity contribution in [2.75, 3.05) is 13.2 Å². The lowest BCUT2D eigenvalue weighted by Gasteiger charge is -2.35. The van der Waals surface area contributed by atoms with Crippen molar-refractivity contribution in [2.45, 2.75) is 38.5 Å². The summed E-state index contributed by atoms with van der Waals surface area (Å²) in [6, 6.07) is 1.98. The van der Waals surface area contributed by atoms with Crippen molar-refractivity contribution in [3.05, 3.63) is 22.4 Å². The van der Waals surface area contributed by atoms with E-state index in [1.165, 1.54) is 19.3 Å². The van der Waals surface area contributed by atoms with Crippen LogP contribution in [0.25, 0.3) is 0 Å². The van der Waals surface area contributed by atoms with E-state index in [0.29, 0.717) is 13.0 Å². The molecule has 1 heterocycles. The highest BCUT2D eigenvalue weighted by Crippen LogP contribution is 2.35. The molecule has 3 nitrogen and oxygen atoms in total. The molecule has 0 radical (unpaired) electrons. The van der Waals surface area contributed by atoms with E-state index in [4.69, 9.17) is 0 Å². The Bertz CT molecular complexity index is 369. The smallest absolute Gasteiger partial charge is 0.224 e. The molecule has 0 aromatic carbocycles. The van der Waals surface area contributed by atoms with E-state index in [9.17, 15) is 9.90 Å². The van der Waals surface area contributed by atoms with Crippen molar-refractivity contribution in [2.24, 2.45) is 5.41 Å². The van der Waals surface area contributed by atoms with E-state index in [0.717, 1.165) is 18.4 Å². The molecule has 2 rings (SSSR count). The summed E-state index contributed by atoms with van der Waals surface area (Å²) in [4.78, 5) is 11.8. The Hall–Kier alpha value is -0.870. The van der Waals surface area contributed by atoms with Crippen molar-refractivity contribution >= 4 is 17.2 Å². The number of hydrogen-bond donors (Lipinski definition) is 2. The average molecular weight is 267 g/mol. The highest BCUT2D eigenvalue weighted by molar-refractivity contribution is 7.07. The Morgan fingerprint density at radius 1 is 1.39 bits per heavy atom. The molecule has 4 heteroatoms. The first-order valence-electron chi connectivity index (χ1n) is 6.63. The van der Waals surface area contributed by atoms with Crippen molar-refractivity contribution in [1.82, 2.24) is 5.32 Å². The standard InChI is InChI=1S/C14H21NO2S/c16-11-14(5-2-1-3-6-14)10-15-13(17)8-12-4-7-18-9-12/h4,7,9,16H,1-3,5-6,8,10-11H2,(H,15,17). The molecule has 2 N–H and O–H groups in total. The zero-order valence-corrected chi connectivity index (χ0v) is 11.5. The number of nitrogens with one attached hydrogen (secondary N) is 1. The molecule has 1 aromatic heterocycles. The quantitative estimate of drug-likeness (QED) is 0.860. The van der Waals surface area contributed by atoms with Gasteiger partial charge in [-0.25, -0.2) is 0 Å². The van der Waals surface area contributed by atoms with Crippen molar-refractivity contribution in [1.29, 1.82) is 0 Å². The molecule has 1 fully saturated rings. The third kappa shape index (κ3) is 3.56. The number of carbonyl (C=O) groups excluding carboxylic acids is 1. The Balaban J connectivity index is 1.80. The van der Waals surface area contributed by atoms with Crippen LogP contribution in [-0.4, -0.2) is 24.2 Å². The lowest BCUT2D eigenvalue weighted by molar-refractivity contribution is -0.121. The normalized spacial score (nSPS) is 18.5. The second-order valence-corrected chi connectivity index (χ2v) is 6.08. The van der Waals surface area contributed by atoms with E-state index < -0.39 is 0 Å². The molecule has 100 valence electrons. The first-order chi connectivity index (χ1) is 8.74. The molecule has 1 amide bonds. The van der Waals surface area contributed by atoms with Gasteiger partial charge in [-0.2, -0.15) is 11.3 Å². The van der Waals surface area contributed by atoms with Crippen LogP contribution in [0, 0.1) is 5.41 Å². The Morgan fingerprint density at radius 2 is 2.17 bits per heavy atom. The van der Waals surface area contributed by atoms with Gasteiger partial charge in [0, 0.05) is 12.0 Å². The number of hydrogen-bond acceptors (Lipinski definition) is 3. The van der Waals surface area contributed by atoms with E-state index in [2.05, 4.69) is 5.32 Å². The maximum absolute atomic E-state index is 11.8. The fraction of sp³-hybridized carbons (Fsp3) is 0.643. The number of amides is 1. The van der Waals surface area contributed by atoms with E-state index in [1.54, 1.807) is 11.3 Å². The molecule has 18 heavy (non-hydrogen) atoms. The van der Waals surface area contributed by atoms with Crippen LogP contribution in [-0.2, 0) is 11.2 Å². The fourth-order valence-electron chi connectivity index (χ4n) is 2.62. The zero-order chi connectivity index (χ0) is 12.8. The second kappa shape index (κ2) is 6.34. The van der Waals surface area contributed by atoms with Gasteiger partial charge in [-0.1, -0.05) is 19.3 Å². The molecule has 0 unspecified atom stereocenters. The van der Waals surface area contributed by atoms with Gasteiger partial charge in [-0.3, -0.25) is 4.79 Å². The summed E-state index contributed by atoms with van der Waals surface area (Å²) >= 11 is 1.61. The van der Waals surface area contributed by atoms with E-state index >= 15 is 0 Å². The molecule has 1 aromatic rings. The largest absolute Gasteiger partial charge is 0.396 e. The summed E-state index contributed by atoms with van der Waals surface area (Å²) in [5.74, 6) is 0.0619. The molecule has 0 aliphatic heterocycles. The van der Waals surface area contributed by atoms with Crippen LogP contribution in [0.1, 0.15) is 37.7 Å². The summed E-state index contributed by atoms with van der Waals surface area (Å²) < 4.78 is 0. The maximum atomic E-state index is 11.8. The van der Waals surface area contributed by atoms with Crippen LogP contribution in [0.2, 0.25) is 0 Å². The van der Waals surface area contributed by atoms with Gasteiger partial charge in [0.15, 0.2) is 0 Å². The third-order valence-electron chi connectivity index (χ3n) is 3.85. The van der Waals surface area contributed by atoms with Crippen LogP contribution < -0.4 is 5.32 Å². The molecule has 0 spiro atoms. The molecule has 0 atom stereocenters. The van der Waals surface area contributed by atoms with Gasteiger partial charge in [-0.15, -0.1) is 0 Å². The number of aliphatic hydroxyl groups is 1. The molecule has 1 aliphatic carbocycles. The third-order valence-corrected chi connectivity index (χ3v) is 4.59. The van der Waals surface area contributed by atoms with Gasteiger partial charge in [0.05, 0.1) is 13.0 Å². The predicted octanol–water partition coefficient (Wildman–Crippen LogP) is 2.35. The molecule has 1 aliphatic rings. The summed E-state index contributed by atoms with van der Waals surface area (Å²) in [5.41, 5.74) is 1.00. The summed E-state index contributed by atoms with van der Waals surface area (Å²) in [5, 5.41) is 16.5. The fourth-order valence-corrected chi connectivity index (χ4v) is 3.29. The van der Waals surface area contributed by atoms with Crippen LogP contribution in [0.3, 0.4) is 0 Å². The van der Waals surface area contributed by atoms with Crippen molar-refractivity contribution in [3.8, 4) is 0 Å². The Kier molecular flexibility index (Phi) is 4.78. The summed E-state index contributed by atoms with van der Waals surface area (Å²) in [6.45, 7) is 0.804. The molecule has 1 saturated carbocycles. The first-order valence-corrected chi connectivity index (χ1v) is 7.57. The number of carbonyl (C=O) groups is 1. The molecular weight excluding hydrogens is 246 g/mol. The Morgan fingerprint density at radius 3 is 2.78 bits per heavy atom. The summed E-state index contributed by atoms with van der Waals surface area (Å²) in [6.07, 6.45) is 6.10. The van der Waals surface area contributed by atoms with Crippen LogP contribution >= 0.6 is 11.3 Å². The monoisotopic (exact) mass is 267 g/mol. The second-order valence-electron chi connectivity index (χ2n) is 5.30. The first kappa shape index (κ1) is 13.6. The van der Waals surface area contributed by atoms with Gasteiger partial charge < -0.3 is 10.4 Å². The number of aliphatic hydroxyl groups excluding tert-OH is 1. The number of thiophene rings is 1. The van der Waals surface area contributed by atoms with Crippen LogP contribution in [0.4, 0.5) is 0 Å². The molecule has 0 bridgehead atoms. The molecular formula is C14H21NO2S. The van der Waals surface area contributed by atoms with Gasteiger partial charge in [0.1, 0.15) is 0 Å². The average Bonchev–Trinajstić information content (AvgIpc) is 2.90. The minimum atomic E-state index is -0.0669. The van der Waals surface area contributed by atoms with E-state index in [-0.39, 0.29) is 17.9 Å². The van der Waals surface area contributed by atoms with Gasteiger partial charge in [0.25, 0.3) is 0 Å². The van der Waals surface area contributed by atoms with Gasteiger partial charge in [0.2, 0.25) is 5.91 Å². The van der Waals surface area contributed by atoms with Gasteiger partial charge >= 0.3 is 0 Å². The zero-order valence-electron chi connectivity index (χ0n) is 10.7. The van der Waals surface area contributed by atoms with Gasteiger partial charge in [-0.05, 0) is 35.2 Å². The van der Waals surface area contributed by atoms with Crippen molar-refractivity contribution in [3.63, 3.8) is 0 Å². The van der Waals surface area contributed by atoms with Crippen molar-refractivity contribution < 1.29 is 9.90 Å². The number of rotatable bonds is 5. The summed E-state index contributed by atoms with van der Waals surface area (Å²) in [7, 11) is 0. The maximum Gasteiger partial charge on any atom is 0.224 e. The highest BCUT2D eigenvalue weighted by Gasteiger charge is 2.31. The minimum absolute atomic E-state index is 0.0619. The van der Waals surface area contributed by atoms with Crippen LogP contribution in [0.5, 0.6) is 0 Å². The molecule has 0 saturated heterocycles. The lowest BCUT2D eigenvalue weighted by atomic mass is 9.74. The Labute approximate surface area is 112 Å². The lowest BCUT2D eigenvalue weighted by Crippen LogP contribution is -2.41. The minimum Gasteiger partial charge on any atom is -0.396 e.